The van der Waals surface area contributed by atoms with E-state index in [2.05, 4.69) is 20.2 Å². The average molecular weight is 420 g/mol. The van der Waals surface area contributed by atoms with Gasteiger partial charge in [-0.25, -0.2) is 0 Å². The molecule has 4 rings (SSSR count). The quantitative estimate of drug-likeness (QED) is 0.787. The molecule has 0 radical (unpaired) electrons. The molecule has 9 heteroatoms. The Morgan fingerprint density at radius 3 is 2.52 bits per heavy atom. The molecule has 1 atom stereocenters. The summed E-state index contributed by atoms with van der Waals surface area (Å²) in [7, 11) is 0. The first-order chi connectivity index (χ1) is 12.3. The molecule has 4 heterocycles. The minimum atomic E-state index is -0.504. The van der Waals surface area contributed by atoms with Gasteiger partial charge in [0.2, 0.25) is 0 Å². The van der Waals surface area contributed by atoms with Crippen LogP contribution in [-0.4, -0.2) is 84.5 Å². The fourth-order valence-electron chi connectivity index (χ4n) is 4.42. The summed E-state index contributed by atoms with van der Waals surface area (Å²) in [5, 5.41) is 7.80. The van der Waals surface area contributed by atoms with Crippen LogP contribution in [0.25, 0.3) is 0 Å². The van der Waals surface area contributed by atoms with Gasteiger partial charge in [0.15, 0.2) is 0 Å². The van der Waals surface area contributed by atoms with Crippen LogP contribution in [0.2, 0.25) is 0 Å². The molecule has 0 aromatic carbocycles. The lowest BCUT2D eigenvalue weighted by atomic mass is 9.86. The molecule has 27 heavy (non-hydrogen) atoms. The van der Waals surface area contributed by atoms with Crippen LogP contribution in [0.4, 0.5) is 0 Å². The first-order valence-corrected chi connectivity index (χ1v) is 9.58. The molecule has 1 unspecified atom stereocenters. The monoisotopic (exact) mass is 419 g/mol. The number of nitrogens with zero attached hydrogens (tertiary/aromatic N) is 4. The highest BCUT2D eigenvalue weighted by atomic mass is 35.5. The topological polar surface area (TPSA) is 62.6 Å². The standard InChI is InChI=1S/C18H29N5O2.2ClH/c24-17(18(3-6-19-7-4-18)23-8-1-5-20-23)22-11-9-21(10-12-22)14-16-2-13-25-15-16;;/h1,5,8,16,19H,2-4,6-7,9-15H2;2*1H. The van der Waals surface area contributed by atoms with E-state index in [0.29, 0.717) is 5.92 Å². The Labute approximate surface area is 173 Å². The summed E-state index contributed by atoms with van der Waals surface area (Å²) >= 11 is 0. The third-order valence-electron chi connectivity index (χ3n) is 5.97. The highest BCUT2D eigenvalue weighted by Crippen LogP contribution is 2.30. The Hall–Kier alpha value is -0.860. The summed E-state index contributed by atoms with van der Waals surface area (Å²) in [4.78, 5) is 18.0. The Balaban J connectivity index is 0.00000131. The zero-order chi connectivity index (χ0) is 17.1. The minimum Gasteiger partial charge on any atom is -0.381 e. The van der Waals surface area contributed by atoms with Gasteiger partial charge < -0.3 is 15.0 Å². The molecule has 0 aliphatic carbocycles. The van der Waals surface area contributed by atoms with E-state index in [0.717, 1.165) is 71.9 Å². The molecule has 1 N–H and O–H groups in total. The number of carbonyl (C=O) groups is 1. The molecule has 154 valence electrons. The number of hydrogen-bond acceptors (Lipinski definition) is 5. The lowest BCUT2D eigenvalue weighted by molar-refractivity contribution is -0.145. The van der Waals surface area contributed by atoms with Gasteiger partial charge in [-0.15, -0.1) is 24.8 Å². The maximum absolute atomic E-state index is 13.4. The summed E-state index contributed by atoms with van der Waals surface area (Å²) in [5.41, 5.74) is -0.504. The van der Waals surface area contributed by atoms with Crippen molar-refractivity contribution in [2.75, 3.05) is 59.0 Å². The molecule has 3 saturated heterocycles. The smallest absolute Gasteiger partial charge is 0.250 e. The number of hydrogen-bond donors (Lipinski definition) is 1. The Bertz CT molecular complexity index is 566. The van der Waals surface area contributed by atoms with Crippen molar-refractivity contribution >= 4 is 30.7 Å². The number of piperidine rings is 1. The van der Waals surface area contributed by atoms with E-state index < -0.39 is 5.54 Å². The summed E-state index contributed by atoms with van der Waals surface area (Å²) in [6.45, 7) is 8.23. The predicted molar refractivity (Wildman–Crippen MR) is 109 cm³/mol. The van der Waals surface area contributed by atoms with Crippen LogP contribution in [0.1, 0.15) is 19.3 Å². The number of aromatic nitrogens is 2. The Kier molecular flexibility index (Phi) is 8.37. The van der Waals surface area contributed by atoms with Gasteiger partial charge >= 0.3 is 0 Å². The molecule has 3 aliphatic rings. The molecule has 0 bridgehead atoms. The largest absolute Gasteiger partial charge is 0.381 e. The predicted octanol–water partition coefficient (Wildman–Crippen LogP) is 0.986. The number of halogens is 2. The molecule has 7 nitrogen and oxygen atoms in total. The van der Waals surface area contributed by atoms with Crippen molar-refractivity contribution < 1.29 is 9.53 Å². The number of amides is 1. The van der Waals surface area contributed by atoms with Gasteiger partial charge in [0, 0.05) is 51.7 Å². The van der Waals surface area contributed by atoms with Crippen LogP contribution in [0, 0.1) is 5.92 Å². The normalized spacial score (nSPS) is 25.5. The van der Waals surface area contributed by atoms with Crippen molar-refractivity contribution in [2.45, 2.75) is 24.8 Å². The van der Waals surface area contributed by atoms with Crippen LogP contribution < -0.4 is 5.32 Å². The summed E-state index contributed by atoms with van der Waals surface area (Å²) in [6.07, 6.45) is 6.52. The van der Waals surface area contributed by atoms with Gasteiger partial charge in [0.05, 0.1) is 6.61 Å². The van der Waals surface area contributed by atoms with Crippen molar-refractivity contribution in [1.82, 2.24) is 24.9 Å². The van der Waals surface area contributed by atoms with Gasteiger partial charge in [-0.05, 0) is 44.3 Å². The zero-order valence-corrected chi connectivity index (χ0v) is 17.3. The molecule has 3 aliphatic heterocycles. The van der Waals surface area contributed by atoms with Gasteiger partial charge in [0.25, 0.3) is 5.91 Å². The van der Waals surface area contributed by atoms with Crippen molar-refractivity contribution in [3.63, 3.8) is 0 Å². The maximum atomic E-state index is 13.4. The fraction of sp³-hybridized carbons (Fsp3) is 0.778. The van der Waals surface area contributed by atoms with E-state index in [9.17, 15) is 4.79 Å². The van der Waals surface area contributed by atoms with E-state index in [-0.39, 0.29) is 30.7 Å². The molecule has 1 aromatic rings. The molecule has 3 fully saturated rings. The number of ether oxygens (including phenoxy) is 1. The second-order valence-corrected chi connectivity index (χ2v) is 7.55. The number of carbonyl (C=O) groups excluding carboxylic acids is 1. The van der Waals surface area contributed by atoms with Crippen molar-refractivity contribution in [3.8, 4) is 0 Å². The Morgan fingerprint density at radius 1 is 1.19 bits per heavy atom. The molecule has 0 saturated carbocycles. The lowest BCUT2D eigenvalue weighted by Crippen LogP contribution is -2.59. The van der Waals surface area contributed by atoms with E-state index in [1.165, 1.54) is 6.42 Å². The third kappa shape index (κ3) is 4.77. The summed E-state index contributed by atoms with van der Waals surface area (Å²) in [6, 6.07) is 1.92. The van der Waals surface area contributed by atoms with Gasteiger partial charge in [-0.1, -0.05) is 0 Å². The average Bonchev–Trinajstić information content (AvgIpc) is 3.36. The third-order valence-corrected chi connectivity index (χ3v) is 5.97. The van der Waals surface area contributed by atoms with E-state index in [1.54, 1.807) is 6.20 Å². The van der Waals surface area contributed by atoms with Crippen LogP contribution in [0.3, 0.4) is 0 Å². The van der Waals surface area contributed by atoms with Gasteiger partial charge in [0.1, 0.15) is 5.54 Å². The molecular formula is C18H31Cl2N5O2. The Morgan fingerprint density at radius 2 is 1.93 bits per heavy atom. The highest BCUT2D eigenvalue weighted by Gasteiger charge is 2.45. The number of nitrogens with one attached hydrogen (secondary N) is 1. The van der Waals surface area contributed by atoms with E-state index in [1.807, 2.05) is 16.9 Å². The van der Waals surface area contributed by atoms with E-state index >= 15 is 0 Å². The van der Waals surface area contributed by atoms with Gasteiger partial charge in [-0.2, -0.15) is 5.10 Å². The second-order valence-electron chi connectivity index (χ2n) is 7.55. The van der Waals surface area contributed by atoms with Crippen molar-refractivity contribution in [2.24, 2.45) is 5.92 Å². The first kappa shape index (κ1) is 22.4. The van der Waals surface area contributed by atoms with Crippen LogP contribution in [0.5, 0.6) is 0 Å². The maximum Gasteiger partial charge on any atom is 0.250 e. The number of rotatable bonds is 4. The molecular weight excluding hydrogens is 389 g/mol. The van der Waals surface area contributed by atoms with Crippen LogP contribution >= 0.6 is 24.8 Å². The minimum absolute atomic E-state index is 0. The lowest BCUT2D eigenvalue weighted by Gasteiger charge is -2.43. The van der Waals surface area contributed by atoms with Crippen molar-refractivity contribution in [1.29, 1.82) is 0 Å². The zero-order valence-electron chi connectivity index (χ0n) is 15.7. The van der Waals surface area contributed by atoms with E-state index in [4.69, 9.17) is 4.74 Å². The van der Waals surface area contributed by atoms with Crippen LogP contribution in [-0.2, 0) is 15.1 Å². The summed E-state index contributed by atoms with van der Waals surface area (Å²) in [5.74, 6) is 0.920. The SMILES string of the molecule is Cl.Cl.O=C(N1CCN(CC2CCOC2)CC1)C1(n2cccn2)CCNCC1. The molecule has 1 aromatic heterocycles. The second kappa shape index (κ2) is 10.1. The van der Waals surface area contributed by atoms with Crippen molar-refractivity contribution in [3.05, 3.63) is 18.5 Å². The number of piperazine rings is 1. The fourth-order valence-corrected chi connectivity index (χ4v) is 4.42. The van der Waals surface area contributed by atoms with Gasteiger partial charge in [-0.3, -0.25) is 14.4 Å². The summed E-state index contributed by atoms with van der Waals surface area (Å²) < 4.78 is 7.39. The highest BCUT2D eigenvalue weighted by molar-refractivity contribution is 5.86. The molecule has 1 amide bonds. The molecule has 0 spiro atoms. The first-order valence-electron chi connectivity index (χ1n) is 9.58. The van der Waals surface area contributed by atoms with Crippen LogP contribution in [0.15, 0.2) is 18.5 Å².